The molecule has 0 aliphatic rings. The van der Waals surface area contributed by atoms with E-state index in [2.05, 4.69) is 10.0 Å². The van der Waals surface area contributed by atoms with Crippen molar-refractivity contribution in [1.82, 2.24) is 0 Å². The Labute approximate surface area is 101 Å². The second-order valence-corrected chi connectivity index (χ2v) is 3.62. The van der Waals surface area contributed by atoms with Gasteiger partial charge in [0.2, 0.25) is 0 Å². The van der Waals surface area contributed by atoms with Crippen molar-refractivity contribution < 1.29 is 19.0 Å². The lowest BCUT2D eigenvalue weighted by Gasteiger charge is -2.19. The maximum absolute atomic E-state index is 13.5. The van der Waals surface area contributed by atoms with Crippen LogP contribution in [-0.4, -0.2) is 22.9 Å². The number of rotatable bonds is 5. The quantitative estimate of drug-likeness (QED) is 0.322. The first-order valence-electron chi connectivity index (χ1n) is 5.09. The van der Waals surface area contributed by atoms with E-state index < -0.39 is 29.4 Å². The SMILES string of the molecule is [N-]=[N+]=NCCC(O)C(O)c1c(F)ccc(N)c1F. The lowest BCUT2D eigenvalue weighted by atomic mass is 10.0. The molecule has 0 radical (unpaired) electrons. The van der Waals surface area contributed by atoms with Crippen LogP contribution in [0.2, 0.25) is 0 Å². The number of azide groups is 1. The first kappa shape index (κ1) is 14.2. The molecule has 0 saturated carbocycles. The van der Waals surface area contributed by atoms with Crippen LogP contribution in [0.25, 0.3) is 10.4 Å². The highest BCUT2D eigenvalue weighted by Gasteiger charge is 2.25. The predicted molar refractivity (Wildman–Crippen MR) is 60.4 cm³/mol. The molecule has 0 aliphatic heterocycles. The van der Waals surface area contributed by atoms with E-state index in [4.69, 9.17) is 11.3 Å². The van der Waals surface area contributed by atoms with Gasteiger partial charge in [-0.25, -0.2) is 8.78 Å². The average molecular weight is 258 g/mol. The molecule has 18 heavy (non-hydrogen) atoms. The zero-order valence-corrected chi connectivity index (χ0v) is 9.29. The second-order valence-electron chi connectivity index (χ2n) is 3.62. The molecule has 2 atom stereocenters. The highest BCUT2D eigenvalue weighted by molar-refractivity contribution is 5.44. The molecule has 4 N–H and O–H groups in total. The van der Waals surface area contributed by atoms with Crippen molar-refractivity contribution in [3.8, 4) is 0 Å². The molecule has 6 nitrogen and oxygen atoms in total. The zero-order chi connectivity index (χ0) is 13.7. The smallest absolute Gasteiger partial charge is 0.154 e. The summed E-state index contributed by atoms with van der Waals surface area (Å²) in [7, 11) is 0. The monoisotopic (exact) mass is 258 g/mol. The van der Waals surface area contributed by atoms with Crippen molar-refractivity contribution in [2.45, 2.75) is 18.6 Å². The molecule has 0 spiro atoms. The fraction of sp³-hybridized carbons (Fsp3) is 0.400. The van der Waals surface area contributed by atoms with Crippen LogP contribution in [0.15, 0.2) is 17.2 Å². The van der Waals surface area contributed by atoms with Gasteiger partial charge in [-0.1, -0.05) is 5.11 Å². The number of nitrogens with two attached hydrogens (primary N) is 1. The summed E-state index contributed by atoms with van der Waals surface area (Å²) in [6, 6.07) is 1.92. The number of halogens is 2. The van der Waals surface area contributed by atoms with Crippen LogP contribution in [0, 0.1) is 11.6 Å². The molecule has 0 aliphatic carbocycles. The normalized spacial score (nSPS) is 13.8. The van der Waals surface area contributed by atoms with Gasteiger partial charge >= 0.3 is 0 Å². The minimum absolute atomic E-state index is 0.0969. The topological polar surface area (TPSA) is 115 Å². The van der Waals surface area contributed by atoms with E-state index in [1.54, 1.807) is 0 Å². The maximum Gasteiger partial charge on any atom is 0.154 e. The van der Waals surface area contributed by atoms with Gasteiger partial charge in [-0.3, -0.25) is 0 Å². The van der Waals surface area contributed by atoms with Gasteiger partial charge < -0.3 is 15.9 Å². The van der Waals surface area contributed by atoms with Gasteiger partial charge in [-0.2, -0.15) is 0 Å². The number of hydrogen-bond donors (Lipinski definition) is 3. The molecular weight excluding hydrogens is 246 g/mol. The van der Waals surface area contributed by atoms with Gasteiger partial charge in [0.15, 0.2) is 5.82 Å². The first-order valence-corrected chi connectivity index (χ1v) is 5.09. The van der Waals surface area contributed by atoms with Gasteiger partial charge in [0.25, 0.3) is 0 Å². The summed E-state index contributed by atoms with van der Waals surface area (Å²) in [6.45, 7) is -0.0969. The molecule has 0 saturated heterocycles. The van der Waals surface area contributed by atoms with E-state index >= 15 is 0 Å². The molecule has 0 fully saturated rings. The minimum Gasteiger partial charge on any atom is -0.396 e. The van der Waals surface area contributed by atoms with E-state index in [0.717, 1.165) is 12.1 Å². The van der Waals surface area contributed by atoms with Crippen LogP contribution >= 0.6 is 0 Å². The van der Waals surface area contributed by atoms with E-state index in [1.807, 2.05) is 0 Å². The third-order valence-corrected chi connectivity index (χ3v) is 2.40. The number of aliphatic hydroxyl groups excluding tert-OH is 2. The van der Waals surface area contributed by atoms with E-state index in [9.17, 15) is 19.0 Å². The number of nitrogens with zero attached hydrogens (tertiary/aromatic N) is 3. The van der Waals surface area contributed by atoms with Crippen LogP contribution in [0.4, 0.5) is 14.5 Å². The number of hydrogen-bond acceptors (Lipinski definition) is 4. The summed E-state index contributed by atoms with van der Waals surface area (Å²) in [5.41, 5.74) is 12.3. The summed E-state index contributed by atoms with van der Waals surface area (Å²) in [5.74, 6) is -2.11. The standard InChI is InChI=1S/C10H12F2N4O2/c11-5-1-2-6(13)9(12)8(5)10(18)7(17)3-4-15-16-14/h1-2,7,10,17-18H,3-4,13H2. The Hall–Kier alpha value is -1.89. The fourth-order valence-electron chi connectivity index (χ4n) is 1.44. The fourth-order valence-corrected chi connectivity index (χ4v) is 1.44. The molecule has 0 heterocycles. The van der Waals surface area contributed by atoms with Gasteiger partial charge in [-0.05, 0) is 24.1 Å². The van der Waals surface area contributed by atoms with Crippen molar-refractivity contribution >= 4 is 5.69 Å². The minimum atomic E-state index is -1.78. The average Bonchev–Trinajstić information content (AvgIpc) is 2.34. The Morgan fingerprint density at radius 3 is 2.67 bits per heavy atom. The molecule has 1 aromatic carbocycles. The summed E-state index contributed by atoms with van der Waals surface area (Å²) in [4.78, 5) is 2.45. The zero-order valence-electron chi connectivity index (χ0n) is 9.29. The van der Waals surface area contributed by atoms with Gasteiger partial charge in [0.05, 0.1) is 17.4 Å². The van der Waals surface area contributed by atoms with Crippen LogP contribution in [0.1, 0.15) is 18.1 Å². The van der Waals surface area contributed by atoms with Crippen LogP contribution in [0.3, 0.4) is 0 Å². The summed E-state index contributed by atoms with van der Waals surface area (Å²) in [6.07, 6.45) is -3.36. The van der Waals surface area contributed by atoms with Crippen molar-refractivity contribution in [2.24, 2.45) is 5.11 Å². The number of aliphatic hydroxyl groups is 2. The molecule has 1 rings (SSSR count). The third-order valence-electron chi connectivity index (χ3n) is 2.40. The maximum atomic E-state index is 13.5. The third kappa shape index (κ3) is 3.07. The molecule has 8 heteroatoms. The Kier molecular flexibility index (Phi) is 4.85. The molecule has 0 amide bonds. The Morgan fingerprint density at radius 1 is 1.39 bits per heavy atom. The Balaban J connectivity index is 2.92. The van der Waals surface area contributed by atoms with Crippen LogP contribution in [-0.2, 0) is 0 Å². The molecule has 2 unspecified atom stereocenters. The first-order chi connectivity index (χ1) is 8.49. The summed E-state index contributed by atoms with van der Waals surface area (Å²) < 4.78 is 26.9. The molecule has 98 valence electrons. The Morgan fingerprint density at radius 2 is 2.06 bits per heavy atom. The van der Waals surface area contributed by atoms with Gasteiger partial charge in [-0.15, -0.1) is 0 Å². The second kappa shape index (κ2) is 6.15. The number of benzene rings is 1. The van der Waals surface area contributed by atoms with Crippen LogP contribution < -0.4 is 5.73 Å². The predicted octanol–water partition coefficient (Wildman–Crippen LogP) is 1.64. The van der Waals surface area contributed by atoms with Crippen molar-refractivity contribution in [3.63, 3.8) is 0 Å². The highest BCUT2D eigenvalue weighted by atomic mass is 19.1. The Bertz CT molecular complexity index is 477. The molecular formula is C10H12F2N4O2. The van der Waals surface area contributed by atoms with Crippen molar-refractivity contribution in [2.75, 3.05) is 12.3 Å². The number of anilines is 1. The van der Waals surface area contributed by atoms with Gasteiger partial charge in [0, 0.05) is 11.5 Å². The molecule has 0 aromatic heterocycles. The summed E-state index contributed by atoms with van der Waals surface area (Å²) >= 11 is 0. The lowest BCUT2D eigenvalue weighted by molar-refractivity contribution is 0.0109. The van der Waals surface area contributed by atoms with Crippen molar-refractivity contribution in [1.29, 1.82) is 0 Å². The van der Waals surface area contributed by atoms with E-state index in [1.165, 1.54) is 0 Å². The molecule has 0 bridgehead atoms. The number of nitrogen functional groups attached to an aromatic ring is 1. The lowest BCUT2D eigenvalue weighted by Crippen LogP contribution is -2.21. The largest absolute Gasteiger partial charge is 0.396 e. The van der Waals surface area contributed by atoms with Crippen molar-refractivity contribution in [3.05, 3.63) is 39.8 Å². The highest BCUT2D eigenvalue weighted by Crippen LogP contribution is 2.27. The van der Waals surface area contributed by atoms with Crippen LogP contribution in [0.5, 0.6) is 0 Å². The molecule has 1 aromatic rings. The van der Waals surface area contributed by atoms with E-state index in [0.29, 0.717) is 0 Å². The summed E-state index contributed by atoms with van der Waals surface area (Å²) in [5, 5.41) is 22.3. The van der Waals surface area contributed by atoms with Gasteiger partial charge in [0.1, 0.15) is 11.9 Å². The van der Waals surface area contributed by atoms with E-state index in [-0.39, 0.29) is 18.7 Å².